The first-order chi connectivity index (χ1) is 19.6. The van der Waals surface area contributed by atoms with Crippen LogP contribution >= 0.6 is 162 Å². The van der Waals surface area contributed by atoms with Gasteiger partial charge in [0.1, 0.15) is 11.3 Å². The van der Waals surface area contributed by atoms with Crippen LogP contribution in [-0.4, -0.2) is 5.97 Å². The number of hydrogen-bond acceptors (Lipinski definition) is 2. The van der Waals surface area contributed by atoms with Crippen LogP contribution in [0.4, 0.5) is 0 Å². The van der Waals surface area contributed by atoms with Crippen molar-refractivity contribution < 1.29 is 9.53 Å². The predicted molar refractivity (Wildman–Crippen MR) is 181 cm³/mol. The Hall–Kier alpha value is 0.410. The molecule has 0 aliphatic carbocycles. The van der Waals surface area contributed by atoms with Crippen molar-refractivity contribution in [2.75, 3.05) is 0 Å². The Balaban J connectivity index is 2.14. The fourth-order valence-electron chi connectivity index (χ4n) is 3.70. The van der Waals surface area contributed by atoms with E-state index in [0.717, 1.165) is 0 Å². The van der Waals surface area contributed by atoms with Crippen molar-refractivity contribution in [1.29, 1.82) is 0 Å². The molecule has 0 unspecified atom stereocenters. The van der Waals surface area contributed by atoms with Crippen LogP contribution in [0, 0.1) is 5.92 Å². The van der Waals surface area contributed by atoms with Crippen molar-refractivity contribution in [1.82, 2.24) is 0 Å². The molecule has 0 amide bonds. The van der Waals surface area contributed by atoms with Gasteiger partial charge in [-0.3, -0.25) is 0 Å². The lowest BCUT2D eigenvalue weighted by molar-refractivity contribution is 0.0735. The van der Waals surface area contributed by atoms with Crippen molar-refractivity contribution in [3.05, 3.63) is 129 Å². The largest absolute Gasteiger partial charge is 0.423 e. The lowest BCUT2D eigenvalue weighted by atomic mass is 9.84. The maximum atomic E-state index is 13.2. The minimum absolute atomic E-state index is 0.119. The molecule has 4 aromatic carbocycles. The summed E-state index contributed by atoms with van der Waals surface area (Å²) in [6.45, 7) is 0. The van der Waals surface area contributed by atoms with Gasteiger partial charge in [-0.05, 0) is 12.1 Å². The Labute approximate surface area is 309 Å². The van der Waals surface area contributed by atoms with Gasteiger partial charge in [-0.1, -0.05) is 181 Å². The summed E-state index contributed by atoms with van der Waals surface area (Å²) >= 11 is 91.5. The standard InChI is InChI=1S/C26H5Cl14O2/c27-12-8(13(28)19(34)11(18(12)33)26(41)42-6-4-2-1-3-5-6)7(9-14(29)20(35)24(39)21(36)15(9)30)10-16(31)22(37)25(40)23(38)17(10)32/h1-5H. The molecule has 0 atom stereocenters. The van der Waals surface area contributed by atoms with Crippen LogP contribution in [-0.2, 0) is 0 Å². The number of para-hydroxylation sites is 1. The Morgan fingerprint density at radius 2 is 0.643 bits per heavy atom. The molecular weight excluding hydrogens is 841 g/mol. The lowest BCUT2D eigenvalue weighted by Gasteiger charge is -2.28. The smallest absolute Gasteiger partial charge is 0.346 e. The Morgan fingerprint density at radius 1 is 0.381 bits per heavy atom. The molecule has 219 valence electrons. The van der Waals surface area contributed by atoms with E-state index in [0.29, 0.717) is 0 Å². The average Bonchev–Trinajstić information content (AvgIpc) is 2.96. The number of ether oxygens (including phenoxy) is 1. The van der Waals surface area contributed by atoms with E-state index < -0.39 is 5.97 Å². The summed E-state index contributed by atoms with van der Waals surface area (Å²) in [6.07, 6.45) is 0. The summed E-state index contributed by atoms with van der Waals surface area (Å²) in [4.78, 5) is 13.2. The van der Waals surface area contributed by atoms with Gasteiger partial charge < -0.3 is 4.74 Å². The van der Waals surface area contributed by atoms with E-state index in [1.807, 2.05) is 0 Å². The minimum Gasteiger partial charge on any atom is -0.423 e. The average molecular weight is 846 g/mol. The Bertz CT molecular complexity index is 1620. The Kier molecular flexibility index (Phi) is 11.8. The summed E-state index contributed by atoms with van der Waals surface area (Å²) in [5, 5.41) is -3.43. The maximum Gasteiger partial charge on any atom is 0.346 e. The molecule has 4 aromatic rings. The molecule has 2 nitrogen and oxygen atoms in total. The van der Waals surface area contributed by atoms with Crippen LogP contribution in [0.15, 0.2) is 30.3 Å². The van der Waals surface area contributed by atoms with Crippen LogP contribution in [0.1, 0.15) is 27.0 Å². The van der Waals surface area contributed by atoms with Gasteiger partial charge in [0.05, 0.1) is 76.2 Å². The van der Waals surface area contributed by atoms with E-state index in [4.69, 9.17) is 167 Å². The van der Waals surface area contributed by atoms with E-state index in [-0.39, 0.29) is 104 Å². The third-order valence-electron chi connectivity index (χ3n) is 5.59. The van der Waals surface area contributed by atoms with Crippen molar-refractivity contribution in [3.8, 4) is 5.75 Å². The number of hydrogen-bond donors (Lipinski definition) is 0. The Morgan fingerprint density at radius 3 is 0.976 bits per heavy atom. The van der Waals surface area contributed by atoms with Gasteiger partial charge in [0.15, 0.2) is 0 Å². The molecule has 0 fully saturated rings. The van der Waals surface area contributed by atoms with Gasteiger partial charge >= 0.3 is 5.97 Å². The highest BCUT2D eigenvalue weighted by atomic mass is 35.5. The van der Waals surface area contributed by atoms with Crippen molar-refractivity contribution in [3.63, 3.8) is 0 Å². The van der Waals surface area contributed by atoms with E-state index in [1.165, 1.54) is 0 Å². The zero-order chi connectivity index (χ0) is 31.4. The number of rotatable bonds is 5. The molecule has 16 heteroatoms. The lowest BCUT2D eigenvalue weighted by Crippen LogP contribution is -2.15. The zero-order valence-electron chi connectivity index (χ0n) is 19.5. The molecule has 42 heavy (non-hydrogen) atoms. The summed E-state index contributed by atoms with van der Waals surface area (Å²) in [6, 6.07) is 8.12. The minimum atomic E-state index is -0.963. The molecular formula is C26H5Cl14O2. The van der Waals surface area contributed by atoms with Crippen LogP contribution < -0.4 is 4.74 Å². The van der Waals surface area contributed by atoms with Gasteiger partial charge in [0.2, 0.25) is 0 Å². The predicted octanol–water partition coefficient (Wildman–Crippen LogP) is 15.1. The molecule has 0 N–H and O–H groups in total. The summed E-state index contributed by atoms with van der Waals surface area (Å²) in [5.74, 6) is -0.899. The fourth-order valence-corrected chi connectivity index (χ4v) is 7.55. The molecule has 0 spiro atoms. The summed E-state index contributed by atoms with van der Waals surface area (Å²) < 4.78 is 5.39. The molecule has 1 radical (unpaired) electrons. The number of carbonyl (C=O) groups is 1. The van der Waals surface area contributed by atoms with E-state index >= 15 is 0 Å². The van der Waals surface area contributed by atoms with Crippen LogP contribution in [0.2, 0.25) is 70.3 Å². The number of benzene rings is 4. The fraction of sp³-hybridized carbons (Fsp3) is 0. The second-order valence-electron chi connectivity index (χ2n) is 7.97. The maximum absolute atomic E-state index is 13.2. The molecule has 0 saturated carbocycles. The third-order valence-corrected chi connectivity index (χ3v) is 11.8. The molecule has 0 aliphatic rings. The van der Waals surface area contributed by atoms with Crippen molar-refractivity contribution in [2.45, 2.75) is 0 Å². The van der Waals surface area contributed by atoms with Gasteiger partial charge in [-0.2, -0.15) is 0 Å². The van der Waals surface area contributed by atoms with Gasteiger partial charge in [-0.25, -0.2) is 4.79 Å². The summed E-state index contributed by atoms with van der Waals surface area (Å²) in [5.41, 5.74) is -0.756. The first-order valence-electron chi connectivity index (χ1n) is 10.7. The molecule has 0 aliphatic heterocycles. The number of carbonyl (C=O) groups excluding carboxylic acids is 1. The SMILES string of the molecule is O=C(Oc1ccccc1)c1c(Cl)c(Cl)c([C](c2c(Cl)c(Cl)c(Cl)c(Cl)c2Cl)c2c(Cl)c(Cl)c(Cl)c(Cl)c2Cl)c(Cl)c1Cl. The molecule has 4 rings (SSSR count). The monoisotopic (exact) mass is 839 g/mol. The number of esters is 1. The summed E-state index contributed by atoms with van der Waals surface area (Å²) in [7, 11) is 0. The van der Waals surface area contributed by atoms with Crippen molar-refractivity contribution >= 4 is 168 Å². The van der Waals surface area contributed by atoms with Crippen LogP contribution in [0.5, 0.6) is 5.75 Å². The van der Waals surface area contributed by atoms with Crippen molar-refractivity contribution in [2.24, 2.45) is 0 Å². The van der Waals surface area contributed by atoms with Crippen LogP contribution in [0.25, 0.3) is 0 Å². The normalized spacial score (nSPS) is 11.4. The van der Waals surface area contributed by atoms with Crippen LogP contribution in [0.3, 0.4) is 0 Å². The second-order valence-corrected chi connectivity index (χ2v) is 13.3. The van der Waals surface area contributed by atoms with E-state index in [9.17, 15) is 4.79 Å². The second kappa shape index (κ2) is 14.0. The van der Waals surface area contributed by atoms with Gasteiger partial charge in [0, 0.05) is 16.7 Å². The highest BCUT2D eigenvalue weighted by Crippen LogP contribution is 2.57. The highest BCUT2D eigenvalue weighted by Gasteiger charge is 2.39. The first kappa shape index (κ1) is 35.3. The van der Waals surface area contributed by atoms with E-state index in [1.54, 1.807) is 30.3 Å². The molecule has 0 bridgehead atoms. The quantitative estimate of drug-likeness (QED) is 0.0658. The van der Waals surface area contributed by atoms with Gasteiger partial charge in [-0.15, -0.1) is 0 Å². The number of halogens is 14. The van der Waals surface area contributed by atoms with Gasteiger partial charge in [0.25, 0.3) is 0 Å². The first-order valence-corrected chi connectivity index (χ1v) is 16.0. The zero-order valence-corrected chi connectivity index (χ0v) is 30.1. The molecule has 0 aromatic heterocycles. The molecule has 0 heterocycles. The third kappa shape index (κ3) is 6.23. The molecule has 0 saturated heterocycles. The van der Waals surface area contributed by atoms with E-state index in [2.05, 4.69) is 0 Å². The highest BCUT2D eigenvalue weighted by molar-refractivity contribution is 6.58. The topological polar surface area (TPSA) is 26.3 Å².